The number of aliphatic hydroxyl groups excluding tert-OH is 1. The van der Waals surface area contributed by atoms with Crippen LogP contribution in [-0.4, -0.2) is 27.9 Å². The van der Waals surface area contributed by atoms with Crippen LogP contribution in [0.5, 0.6) is 0 Å². The van der Waals surface area contributed by atoms with Crippen molar-refractivity contribution in [1.82, 2.24) is 15.5 Å². The lowest BCUT2D eigenvalue weighted by Crippen LogP contribution is -2.15. The number of β-amino-alcohol motifs (C(OH)–C–C–N with tert-alkyl or cyclic N) is 1. The minimum atomic E-state index is -0.322. The highest BCUT2D eigenvalue weighted by atomic mass is 16.5. The van der Waals surface area contributed by atoms with Crippen molar-refractivity contribution < 1.29 is 9.63 Å². The predicted octanol–water partition coefficient (Wildman–Crippen LogP) is 1.36. The average Bonchev–Trinajstić information content (AvgIpc) is 3.01. The number of nitrogens with one attached hydrogen (secondary N) is 1. The van der Waals surface area contributed by atoms with Crippen LogP contribution in [0.3, 0.4) is 0 Å². The van der Waals surface area contributed by atoms with E-state index in [9.17, 15) is 5.11 Å². The summed E-state index contributed by atoms with van der Waals surface area (Å²) in [5.41, 5.74) is 2.40. The second-order valence-electron chi connectivity index (χ2n) is 5.06. The molecule has 100 valence electrons. The lowest BCUT2D eigenvalue weighted by atomic mass is 10.1. The Hall–Kier alpha value is -1.72. The third-order valence-corrected chi connectivity index (χ3v) is 3.37. The summed E-state index contributed by atoms with van der Waals surface area (Å²) in [6, 6.07) is 8.27. The van der Waals surface area contributed by atoms with Gasteiger partial charge in [-0.3, -0.25) is 0 Å². The zero-order chi connectivity index (χ0) is 13.2. The predicted molar refractivity (Wildman–Crippen MR) is 69.7 cm³/mol. The van der Waals surface area contributed by atoms with Gasteiger partial charge in [-0.05, 0) is 18.9 Å². The summed E-state index contributed by atoms with van der Waals surface area (Å²) in [6.45, 7) is 2.65. The molecule has 5 heteroatoms. The van der Waals surface area contributed by atoms with E-state index in [1.54, 1.807) is 0 Å². The van der Waals surface area contributed by atoms with Gasteiger partial charge in [-0.15, -0.1) is 0 Å². The topological polar surface area (TPSA) is 71.2 Å². The highest BCUT2D eigenvalue weighted by Gasteiger charge is 2.27. The van der Waals surface area contributed by atoms with Crippen molar-refractivity contribution in [2.24, 2.45) is 0 Å². The minimum absolute atomic E-state index is 0.0192. The van der Waals surface area contributed by atoms with E-state index in [-0.39, 0.29) is 12.1 Å². The van der Waals surface area contributed by atoms with Crippen molar-refractivity contribution in [3.05, 3.63) is 47.1 Å². The molecule has 1 fully saturated rings. The minimum Gasteiger partial charge on any atom is -0.392 e. The van der Waals surface area contributed by atoms with Gasteiger partial charge >= 0.3 is 0 Å². The van der Waals surface area contributed by atoms with Crippen molar-refractivity contribution in [2.75, 3.05) is 6.54 Å². The average molecular weight is 259 g/mol. The van der Waals surface area contributed by atoms with Crippen LogP contribution < -0.4 is 5.32 Å². The monoisotopic (exact) mass is 259 g/mol. The first kappa shape index (κ1) is 12.3. The van der Waals surface area contributed by atoms with Crippen LogP contribution in [0.1, 0.15) is 35.3 Å². The Morgan fingerprint density at radius 1 is 1.37 bits per heavy atom. The fourth-order valence-electron chi connectivity index (χ4n) is 2.27. The van der Waals surface area contributed by atoms with Gasteiger partial charge < -0.3 is 14.9 Å². The smallest absolute Gasteiger partial charge is 0.243 e. The standard InChI is InChI=1S/C14H17N3O2/c1-9-2-4-10(5-3-9)6-13-16-14(19-17-13)12-7-11(18)8-15-12/h2-5,11-12,15,18H,6-8H2,1H3/t11-,12-/m0/s1. The van der Waals surface area contributed by atoms with E-state index in [4.69, 9.17) is 4.52 Å². The normalized spacial score (nSPS) is 22.8. The molecule has 0 amide bonds. The van der Waals surface area contributed by atoms with E-state index in [2.05, 4.69) is 46.6 Å². The summed E-state index contributed by atoms with van der Waals surface area (Å²) in [5, 5.41) is 16.6. The number of benzene rings is 1. The molecule has 0 unspecified atom stereocenters. The maximum atomic E-state index is 9.48. The van der Waals surface area contributed by atoms with E-state index in [1.165, 1.54) is 5.56 Å². The van der Waals surface area contributed by atoms with Crippen molar-refractivity contribution >= 4 is 0 Å². The molecule has 1 aromatic heterocycles. The lowest BCUT2D eigenvalue weighted by molar-refractivity contribution is 0.191. The molecule has 1 aliphatic rings. The number of hydrogen-bond donors (Lipinski definition) is 2. The molecule has 0 saturated carbocycles. The van der Waals surface area contributed by atoms with Gasteiger partial charge in [0.25, 0.3) is 0 Å². The van der Waals surface area contributed by atoms with Crippen molar-refractivity contribution in [1.29, 1.82) is 0 Å². The number of nitrogens with zero attached hydrogens (tertiary/aromatic N) is 2. The number of hydrogen-bond acceptors (Lipinski definition) is 5. The zero-order valence-corrected chi connectivity index (χ0v) is 10.8. The molecule has 1 saturated heterocycles. The van der Waals surface area contributed by atoms with Crippen LogP contribution >= 0.6 is 0 Å². The van der Waals surface area contributed by atoms with Crippen LogP contribution in [0.25, 0.3) is 0 Å². The zero-order valence-electron chi connectivity index (χ0n) is 10.8. The van der Waals surface area contributed by atoms with Gasteiger partial charge in [0.2, 0.25) is 5.89 Å². The molecule has 19 heavy (non-hydrogen) atoms. The van der Waals surface area contributed by atoms with Gasteiger partial charge in [0.1, 0.15) is 0 Å². The molecule has 0 radical (unpaired) electrons. The van der Waals surface area contributed by atoms with Crippen LogP contribution in [-0.2, 0) is 6.42 Å². The van der Waals surface area contributed by atoms with Crippen molar-refractivity contribution in [2.45, 2.75) is 31.9 Å². The first-order chi connectivity index (χ1) is 9.20. The SMILES string of the molecule is Cc1ccc(Cc2noc([C@@H]3C[C@H](O)CN3)n2)cc1. The first-order valence-electron chi connectivity index (χ1n) is 6.50. The summed E-state index contributed by atoms with van der Waals surface area (Å²) < 4.78 is 5.26. The molecule has 5 nitrogen and oxygen atoms in total. The van der Waals surface area contributed by atoms with Crippen LogP contribution in [0.4, 0.5) is 0 Å². The first-order valence-corrected chi connectivity index (χ1v) is 6.50. The largest absolute Gasteiger partial charge is 0.392 e. The molecule has 2 atom stereocenters. The van der Waals surface area contributed by atoms with Gasteiger partial charge in [0.05, 0.1) is 12.1 Å². The van der Waals surface area contributed by atoms with Crippen LogP contribution in [0.15, 0.2) is 28.8 Å². The molecule has 1 aliphatic heterocycles. The Morgan fingerprint density at radius 3 is 2.84 bits per heavy atom. The summed E-state index contributed by atoms with van der Waals surface area (Å²) in [6.07, 6.45) is 0.975. The van der Waals surface area contributed by atoms with E-state index < -0.39 is 0 Å². The summed E-state index contributed by atoms with van der Waals surface area (Å²) >= 11 is 0. The Kier molecular flexibility index (Phi) is 3.31. The Morgan fingerprint density at radius 2 is 2.16 bits per heavy atom. The quantitative estimate of drug-likeness (QED) is 0.871. The molecule has 0 aliphatic carbocycles. The number of aryl methyl sites for hydroxylation is 1. The molecular formula is C14H17N3O2. The molecule has 2 aromatic rings. The maximum Gasteiger partial charge on any atom is 0.243 e. The highest BCUT2D eigenvalue weighted by molar-refractivity contribution is 5.23. The van der Waals surface area contributed by atoms with E-state index in [0.717, 1.165) is 5.56 Å². The van der Waals surface area contributed by atoms with E-state index >= 15 is 0 Å². The second kappa shape index (κ2) is 5.11. The van der Waals surface area contributed by atoms with Crippen LogP contribution in [0.2, 0.25) is 0 Å². The third kappa shape index (κ3) is 2.83. The van der Waals surface area contributed by atoms with E-state index in [0.29, 0.717) is 31.1 Å². The molecule has 0 spiro atoms. The van der Waals surface area contributed by atoms with Gasteiger partial charge in [0.15, 0.2) is 5.82 Å². The number of aliphatic hydroxyl groups is 1. The van der Waals surface area contributed by atoms with Crippen molar-refractivity contribution in [3.63, 3.8) is 0 Å². The molecule has 1 aromatic carbocycles. The molecule has 0 bridgehead atoms. The van der Waals surface area contributed by atoms with Gasteiger partial charge in [-0.25, -0.2) is 0 Å². The Bertz CT molecular complexity index is 550. The fourth-order valence-corrected chi connectivity index (χ4v) is 2.27. The number of aromatic nitrogens is 2. The molecule has 2 N–H and O–H groups in total. The third-order valence-electron chi connectivity index (χ3n) is 3.37. The number of rotatable bonds is 3. The lowest BCUT2D eigenvalue weighted by Gasteiger charge is -2.01. The Balaban J connectivity index is 1.69. The maximum absolute atomic E-state index is 9.48. The van der Waals surface area contributed by atoms with Crippen molar-refractivity contribution in [3.8, 4) is 0 Å². The van der Waals surface area contributed by atoms with Crippen LogP contribution in [0, 0.1) is 6.92 Å². The fraction of sp³-hybridized carbons (Fsp3) is 0.429. The summed E-state index contributed by atoms with van der Waals surface area (Å²) in [5.74, 6) is 1.25. The summed E-state index contributed by atoms with van der Waals surface area (Å²) in [4.78, 5) is 4.39. The van der Waals surface area contributed by atoms with Gasteiger partial charge in [0, 0.05) is 13.0 Å². The molecule has 2 heterocycles. The Labute approximate surface area is 111 Å². The highest BCUT2D eigenvalue weighted by Crippen LogP contribution is 2.22. The molecular weight excluding hydrogens is 242 g/mol. The second-order valence-corrected chi connectivity index (χ2v) is 5.06. The molecule has 3 rings (SSSR count). The van der Waals surface area contributed by atoms with E-state index in [1.807, 2.05) is 0 Å². The van der Waals surface area contributed by atoms with Gasteiger partial charge in [-0.2, -0.15) is 4.98 Å². The van der Waals surface area contributed by atoms with Gasteiger partial charge in [-0.1, -0.05) is 35.0 Å². The summed E-state index contributed by atoms with van der Waals surface area (Å²) in [7, 11) is 0.